The van der Waals surface area contributed by atoms with Gasteiger partial charge in [-0.15, -0.1) is 0 Å². The molecular formula is C16H21NO4. The third-order valence-electron chi connectivity index (χ3n) is 3.23. The summed E-state index contributed by atoms with van der Waals surface area (Å²) in [6.07, 6.45) is 0.631. The lowest BCUT2D eigenvalue weighted by molar-refractivity contribution is -0.164. The molecule has 0 amide bonds. The predicted molar refractivity (Wildman–Crippen MR) is 79.8 cm³/mol. The Morgan fingerprint density at radius 3 is 2.38 bits per heavy atom. The van der Waals surface area contributed by atoms with E-state index < -0.39 is 24.0 Å². The van der Waals surface area contributed by atoms with Crippen molar-refractivity contribution in [2.45, 2.75) is 34.1 Å². The number of oxime groups is 1. The smallest absolute Gasteiger partial charge is 0.372 e. The average Bonchev–Trinajstić information content (AvgIpc) is 2.50. The van der Waals surface area contributed by atoms with Crippen LogP contribution in [0.15, 0.2) is 35.5 Å². The van der Waals surface area contributed by atoms with Crippen molar-refractivity contribution in [1.29, 1.82) is 0 Å². The molecule has 0 atom stereocenters. The van der Waals surface area contributed by atoms with Gasteiger partial charge in [0.25, 0.3) is 0 Å². The van der Waals surface area contributed by atoms with Crippen LogP contribution in [-0.4, -0.2) is 24.3 Å². The summed E-state index contributed by atoms with van der Waals surface area (Å²) in [6.45, 7) is 6.70. The summed E-state index contributed by atoms with van der Waals surface area (Å²) in [6, 6.07) is 9.33. The summed E-state index contributed by atoms with van der Waals surface area (Å²) in [5, 5.41) is 3.73. The molecule has 0 radical (unpaired) electrons. The van der Waals surface area contributed by atoms with Gasteiger partial charge in [0.1, 0.15) is 0 Å². The normalized spacial score (nSPS) is 11.9. The fourth-order valence-electron chi connectivity index (χ4n) is 1.34. The number of nitrogens with zero attached hydrogens (tertiary/aromatic N) is 1. The van der Waals surface area contributed by atoms with Crippen LogP contribution in [0.5, 0.6) is 0 Å². The van der Waals surface area contributed by atoms with Gasteiger partial charge in [0.05, 0.1) is 11.1 Å². The lowest BCUT2D eigenvalue weighted by atomic mass is 9.91. The molecule has 0 aliphatic rings. The molecule has 5 heteroatoms. The second-order valence-corrected chi connectivity index (χ2v) is 5.32. The standard InChI is InChI=1S/C16H21NO4/c1-5-16(3,4)15(19)20-11-14(18)21-17-12(2)13-9-7-6-8-10-13/h6-10H,5,11H2,1-4H3/b17-12-. The Hall–Kier alpha value is -2.17. The summed E-state index contributed by atoms with van der Waals surface area (Å²) in [5.74, 6) is -1.13. The molecule has 1 rings (SSSR count). The molecule has 0 aromatic heterocycles. The van der Waals surface area contributed by atoms with Crippen molar-refractivity contribution in [3.05, 3.63) is 35.9 Å². The summed E-state index contributed by atoms with van der Waals surface area (Å²) in [7, 11) is 0. The molecule has 0 aliphatic heterocycles. The van der Waals surface area contributed by atoms with E-state index in [2.05, 4.69) is 5.16 Å². The van der Waals surface area contributed by atoms with Crippen LogP contribution < -0.4 is 0 Å². The minimum Gasteiger partial charge on any atom is -0.453 e. The predicted octanol–water partition coefficient (Wildman–Crippen LogP) is 2.93. The number of hydrogen-bond donors (Lipinski definition) is 0. The Balaban J connectivity index is 2.47. The van der Waals surface area contributed by atoms with Crippen LogP contribution in [0.3, 0.4) is 0 Å². The van der Waals surface area contributed by atoms with Gasteiger partial charge in [0.2, 0.25) is 0 Å². The molecule has 0 saturated carbocycles. The highest BCUT2D eigenvalue weighted by molar-refractivity contribution is 5.98. The van der Waals surface area contributed by atoms with Crippen molar-refractivity contribution in [2.75, 3.05) is 6.61 Å². The Morgan fingerprint density at radius 2 is 1.81 bits per heavy atom. The first-order valence-electron chi connectivity index (χ1n) is 6.84. The molecule has 0 heterocycles. The van der Waals surface area contributed by atoms with E-state index in [1.165, 1.54) is 0 Å². The van der Waals surface area contributed by atoms with E-state index >= 15 is 0 Å². The number of carbonyl (C=O) groups excluding carboxylic acids is 2. The molecule has 21 heavy (non-hydrogen) atoms. The molecule has 114 valence electrons. The lowest BCUT2D eigenvalue weighted by Gasteiger charge is -2.19. The van der Waals surface area contributed by atoms with Gasteiger partial charge in [-0.1, -0.05) is 42.4 Å². The maximum Gasteiger partial charge on any atom is 0.372 e. The largest absolute Gasteiger partial charge is 0.453 e. The van der Waals surface area contributed by atoms with Gasteiger partial charge in [-0.3, -0.25) is 4.79 Å². The SMILES string of the molecule is CCC(C)(C)C(=O)OCC(=O)O/N=C(/C)c1ccccc1. The van der Waals surface area contributed by atoms with E-state index in [9.17, 15) is 9.59 Å². The molecule has 5 nitrogen and oxygen atoms in total. The second kappa shape index (κ2) is 7.57. The number of hydrogen-bond acceptors (Lipinski definition) is 5. The molecule has 1 aromatic rings. The number of carbonyl (C=O) groups is 2. The van der Waals surface area contributed by atoms with Crippen molar-refractivity contribution < 1.29 is 19.2 Å². The van der Waals surface area contributed by atoms with E-state index in [0.29, 0.717) is 12.1 Å². The van der Waals surface area contributed by atoms with E-state index in [1.807, 2.05) is 37.3 Å². The highest BCUT2D eigenvalue weighted by Gasteiger charge is 2.27. The first kappa shape index (κ1) is 16.9. The maximum absolute atomic E-state index is 11.7. The van der Waals surface area contributed by atoms with Crippen molar-refractivity contribution in [2.24, 2.45) is 10.6 Å². The number of ether oxygens (including phenoxy) is 1. The third-order valence-corrected chi connectivity index (χ3v) is 3.23. The highest BCUT2D eigenvalue weighted by Crippen LogP contribution is 2.21. The second-order valence-electron chi connectivity index (χ2n) is 5.32. The molecule has 1 aromatic carbocycles. The topological polar surface area (TPSA) is 65.0 Å². The molecule has 0 N–H and O–H groups in total. The zero-order valence-corrected chi connectivity index (χ0v) is 12.9. The zero-order valence-electron chi connectivity index (χ0n) is 12.9. The van der Waals surface area contributed by atoms with E-state index in [4.69, 9.17) is 9.57 Å². The first-order valence-corrected chi connectivity index (χ1v) is 6.84. The summed E-state index contributed by atoms with van der Waals surface area (Å²) in [5.41, 5.74) is 0.822. The maximum atomic E-state index is 11.7. The van der Waals surface area contributed by atoms with E-state index in [-0.39, 0.29) is 0 Å². The monoisotopic (exact) mass is 291 g/mol. The Bertz CT molecular complexity index is 520. The van der Waals surface area contributed by atoms with Gasteiger partial charge in [-0.2, -0.15) is 0 Å². The van der Waals surface area contributed by atoms with Crippen molar-refractivity contribution in [3.8, 4) is 0 Å². The van der Waals surface area contributed by atoms with Gasteiger partial charge in [-0.25, -0.2) is 4.79 Å². The number of benzene rings is 1. The van der Waals surface area contributed by atoms with Crippen LogP contribution in [0.2, 0.25) is 0 Å². The van der Waals surface area contributed by atoms with Crippen molar-refractivity contribution in [3.63, 3.8) is 0 Å². The summed E-state index contributed by atoms with van der Waals surface area (Å²) < 4.78 is 4.91. The molecule has 0 spiro atoms. The van der Waals surface area contributed by atoms with Gasteiger partial charge in [-0.05, 0) is 32.8 Å². The van der Waals surface area contributed by atoms with E-state index in [0.717, 1.165) is 5.56 Å². The molecule has 0 bridgehead atoms. The van der Waals surface area contributed by atoms with Gasteiger partial charge in [0.15, 0.2) is 6.61 Å². The quantitative estimate of drug-likeness (QED) is 0.350. The molecule has 0 unspecified atom stereocenters. The number of esters is 1. The molecule has 0 saturated heterocycles. The van der Waals surface area contributed by atoms with Crippen LogP contribution in [0.4, 0.5) is 0 Å². The Kier molecular flexibility index (Phi) is 6.09. The molecule has 0 fully saturated rings. The van der Waals surface area contributed by atoms with E-state index in [1.54, 1.807) is 20.8 Å². The highest BCUT2D eigenvalue weighted by atomic mass is 16.7. The molecular weight excluding hydrogens is 270 g/mol. The minimum atomic E-state index is -0.703. The minimum absolute atomic E-state index is 0.425. The summed E-state index contributed by atoms with van der Waals surface area (Å²) >= 11 is 0. The fraction of sp³-hybridized carbons (Fsp3) is 0.438. The van der Waals surface area contributed by atoms with Gasteiger partial charge < -0.3 is 9.57 Å². The first-order chi connectivity index (χ1) is 9.86. The summed E-state index contributed by atoms with van der Waals surface area (Å²) in [4.78, 5) is 27.9. The Morgan fingerprint density at radius 1 is 1.19 bits per heavy atom. The van der Waals surface area contributed by atoms with Crippen LogP contribution in [-0.2, 0) is 19.2 Å². The van der Waals surface area contributed by atoms with Gasteiger partial charge in [0, 0.05) is 0 Å². The molecule has 0 aliphatic carbocycles. The Labute approximate surface area is 124 Å². The van der Waals surface area contributed by atoms with Crippen molar-refractivity contribution in [1.82, 2.24) is 0 Å². The van der Waals surface area contributed by atoms with Gasteiger partial charge >= 0.3 is 11.9 Å². The third kappa shape index (κ3) is 5.38. The van der Waals surface area contributed by atoms with Crippen LogP contribution in [0.25, 0.3) is 0 Å². The van der Waals surface area contributed by atoms with Crippen LogP contribution in [0, 0.1) is 5.41 Å². The lowest BCUT2D eigenvalue weighted by Crippen LogP contribution is -2.28. The van der Waals surface area contributed by atoms with Crippen molar-refractivity contribution >= 4 is 17.7 Å². The fourth-order valence-corrected chi connectivity index (χ4v) is 1.34. The van der Waals surface area contributed by atoms with Crippen LogP contribution in [0.1, 0.15) is 39.7 Å². The number of rotatable bonds is 6. The zero-order chi connectivity index (χ0) is 15.9. The van der Waals surface area contributed by atoms with Crippen LogP contribution >= 0.6 is 0 Å². The average molecular weight is 291 g/mol.